The van der Waals surface area contributed by atoms with Gasteiger partial charge in [0.25, 0.3) is 0 Å². The zero-order valence-electron chi connectivity index (χ0n) is 9.52. The van der Waals surface area contributed by atoms with Gasteiger partial charge < -0.3 is 11.1 Å². The molecular formula is C13H18N2O. The maximum Gasteiger partial charge on any atom is 0.237 e. The van der Waals surface area contributed by atoms with Crippen LogP contribution in [0.3, 0.4) is 0 Å². The van der Waals surface area contributed by atoms with Crippen LogP contribution in [0.4, 0.5) is 0 Å². The Labute approximate surface area is 96.0 Å². The van der Waals surface area contributed by atoms with Crippen LogP contribution < -0.4 is 11.1 Å². The van der Waals surface area contributed by atoms with Gasteiger partial charge in [-0.25, -0.2) is 0 Å². The molecule has 1 amide bonds. The van der Waals surface area contributed by atoms with E-state index < -0.39 is 0 Å². The number of nitrogens with one attached hydrogen (secondary N) is 1. The quantitative estimate of drug-likeness (QED) is 0.802. The summed E-state index contributed by atoms with van der Waals surface area (Å²) in [6.45, 7) is 1.92. The third-order valence-electron chi connectivity index (χ3n) is 3.12. The lowest BCUT2D eigenvalue weighted by Crippen LogP contribution is -2.41. The third-order valence-corrected chi connectivity index (χ3v) is 3.12. The van der Waals surface area contributed by atoms with E-state index in [-0.39, 0.29) is 18.0 Å². The summed E-state index contributed by atoms with van der Waals surface area (Å²) in [4.78, 5) is 11.6. The minimum Gasteiger partial charge on any atom is -0.351 e. The minimum absolute atomic E-state index is 0.0223. The molecule has 1 aliphatic rings. The Hall–Kier alpha value is -1.35. The van der Waals surface area contributed by atoms with E-state index in [9.17, 15) is 4.79 Å². The monoisotopic (exact) mass is 218 g/mol. The maximum absolute atomic E-state index is 11.6. The highest BCUT2D eigenvalue weighted by Gasteiger charge is 2.39. The van der Waals surface area contributed by atoms with Crippen LogP contribution in [0.25, 0.3) is 0 Å². The van der Waals surface area contributed by atoms with Crippen molar-refractivity contribution >= 4 is 5.91 Å². The second-order valence-corrected chi connectivity index (χ2v) is 4.38. The van der Waals surface area contributed by atoms with E-state index >= 15 is 0 Å². The average molecular weight is 218 g/mol. The Balaban J connectivity index is 1.86. The van der Waals surface area contributed by atoms with Gasteiger partial charge in [0.05, 0.1) is 6.04 Å². The number of hydrogen-bond donors (Lipinski definition) is 2. The molecule has 3 N–H and O–H groups in total. The molecule has 1 aromatic carbocycles. The second-order valence-electron chi connectivity index (χ2n) is 4.38. The molecule has 0 saturated heterocycles. The molecule has 0 bridgehead atoms. The highest BCUT2D eigenvalue weighted by molar-refractivity contribution is 5.82. The number of benzene rings is 1. The van der Waals surface area contributed by atoms with E-state index in [1.165, 1.54) is 5.56 Å². The predicted octanol–water partition coefficient (Wildman–Crippen LogP) is 1.40. The van der Waals surface area contributed by atoms with Gasteiger partial charge in [-0.05, 0) is 18.4 Å². The largest absolute Gasteiger partial charge is 0.351 e. The number of rotatable bonds is 4. The highest BCUT2D eigenvalue weighted by atomic mass is 16.2. The summed E-state index contributed by atoms with van der Waals surface area (Å²) in [5.41, 5.74) is 6.97. The van der Waals surface area contributed by atoms with E-state index in [2.05, 4.69) is 17.4 Å². The Morgan fingerprint density at radius 3 is 2.81 bits per heavy atom. The van der Waals surface area contributed by atoms with Crippen molar-refractivity contribution in [3.63, 3.8) is 0 Å². The molecule has 0 aromatic heterocycles. The van der Waals surface area contributed by atoms with Gasteiger partial charge in [-0.15, -0.1) is 0 Å². The van der Waals surface area contributed by atoms with Crippen LogP contribution in [0.15, 0.2) is 30.3 Å². The molecule has 86 valence electrons. The molecule has 2 rings (SSSR count). The van der Waals surface area contributed by atoms with E-state index in [0.717, 1.165) is 6.42 Å². The van der Waals surface area contributed by atoms with Gasteiger partial charge >= 0.3 is 0 Å². The molecule has 0 radical (unpaired) electrons. The van der Waals surface area contributed by atoms with Gasteiger partial charge in [0.1, 0.15) is 0 Å². The SMILES string of the molecule is CC[C@H](N)C(=O)NC1CC1c1ccccc1. The fourth-order valence-corrected chi connectivity index (χ4v) is 1.90. The maximum atomic E-state index is 11.6. The van der Waals surface area contributed by atoms with Crippen LogP contribution in [-0.2, 0) is 4.79 Å². The normalized spacial score (nSPS) is 24.9. The summed E-state index contributed by atoms with van der Waals surface area (Å²) in [7, 11) is 0. The first kappa shape index (κ1) is 11.1. The first-order chi connectivity index (χ1) is 7.72. The third kappa shape index (κ3) is 2.42. The van der Waals surface area contributed by atoms with Crippen molar-refractivity contribution in [2.24, 2.45) is 5.73 Å². The summed E-state index contributed by atoms with van der Waals surface area (Å²) in [5, 5.41) is 2.99. The van der Waals surface area contributed by atoms with Crippen molar-refractivity contribution in [1.29, 1.82) is 0 Å². The minimum atomic E-state index is -0.364. The molecule has 3 nitrogen and oxygen atoms in total. The topological polar surface area (TPSA) is 55.1 Å². The molecule has 1 aliphatic carbocycles. The molecule has 3 heteroatoms. The second kappa shape index (κ2) is 4.66. The average Bonchev–Trinajstić information content (AvgIpc) is 3.08. The highest BCUT2D eigenvalue weighted by Crippen LogP contribution is 2.40. The smallest absolute Gasteiger partial charge is 0.237 e. The predicted molar refractivity (Wildman–Crippen MR) is 64.0 cm³/mol. The van der Waals surface area contributed by atoms with Crippen molar-refractivity contribution < 1.29 is 4.79 Å². The number of carbonyl (C=O) groups excluding carboxylic acids is 1. The van der Waals surface area contributed by atoms with Crippen molar-refractivity contribution in [3.05, 3.63) is 35.9 Å². The van der Waals surface area contributed by atoms with Crippen LogP contribution >= 0.6 is 0 Å². The Morgan fingerprint density at radius 1 is 1.50 bits per heavy atom. The van der Waals surface area contributed by atoms with Crippen molar-refractivity contribution in [1.82, 2.24) is 5.32 Å². The van der Waals surface area contributed by atoms with Gasteiger partial charge in [-0.1, -0.05) is 37.3 Å². The summed E-state index contributed by atoms with van der Waals surface area (Å²) in [6.07, 6.45) is 1.72. The van der Waals surface area contributed by atoms with E-state index in [0.29, 0.717) is 12.3 Å². The van der Waals surface area contributed by atoms with Crippen LogP contribution in [-0.4, -0.2) is 18.0 Å². The van der Waals surface area contributed by atoms with Crippen molar-refractivity contribution in [2.75, 3.05) is 0 Å². The lowest BCUT2D eigenvalue weighted by Gasteiger charge is -2.09. The molecule has 0 heterocycles. The lowest BCUT2D eigenvalue weighted by atomic mass is 10.1. The molecular weight excluding hydrogens is 200 g/mol. The Bertz CT molecular complexity index is 363. The first-order valence-corrected chi connectivity index (χ1v) is 5.83. The van der Waals surface area contributed by atoms with Gasteiger partial charge in [0, 0.05) is 12.0 Å². The van der Waals surface area contributed by atoms with Crippen LogP contribution in [0.2, 0.25) is 0 Å². The van der Waals surface area contributed by atoms with Gasteiger partial charge in [0.2, 0.25) is 5.91 Å². The zero-order valence-corrected chi connectivity index (χ0v) is 9.52. The van der Waals surface area contributed by atoms with Crippen molar-refractivity contribution in [3.8, 4) is 0 Å². The summed E-state index contributed by atoms with van der Waals surface area (Å²) in [6, 6.07) is 10.2. The summed E-state index contributed by atoms with van der Waals surface area (Å²) in [5.74, 6) is 0.458. The van der Waals surface area contributed by atoms with Crippen molar-refractivity contribution in [2.45, 2.75) is 37.8 Å². The van der Waals surface area contributed by atoms with Gasteiger partial charge in [0.15, 0.2) is 0 Å². The molecule has 0 spiro atoms. The number of hydrogen-bond acceptors (Lipinski definition) is 2. The summed E-state index contributed by atoms with van der Waals surface area (Å²) < 4.78 is 0. The molecule has 3 atom stereocenters. The van der Waals surface area contributed by atoms with Crippen LogP contribution in [0.5, 0.6) is 0 Å². The van der Waals surface area contributed by atoms with Crippen LogP contribution in [0, 0.1) is 0 Å². The molecule has 1 fully saturated rings. The van der Waals surface area contributed by atoms with Gasteiger partial charge in [-0.2, -0.15) is 0 Å². The fraction of sp³-hybridized carbons (Fsp3) is 0.462. The van der Waals surface area contributed by atoms with Gasteiger partial charge in [-0.3, -0.25) is 4.79 Å². The van der Waals surface area contributed by atoms with E-state index in [1.807, 2.05) is 25.1 Å². The standard InChI is InChI=1S/C13H18N2O/c1-2-11(14)13(16)15-12-8-10(12)9-6-4-3-5-7-9/h3-7,10-12H,2,8,14H2,1H3,(H,15,16)/t10?,11-,12?/m0/s1. The molecule has 16 heavy (non-hydrogen) atoms. The molecule has 2 unspecified atom stereocenters. The van der Waals surface area contributed by atoms with E-state index in [4.69, 9.17) is 5.73 Å². The van der Waals surface area contributed by atoms with Crippen LogP contribution in [0.1, 0.15) is 31.2 Å². The first-order valence-electron chi connectivity index (χ1n) is 5.83. The fourth-order valence-electron chi connectivity index (χ4n) is 1.90. The molecule has 1 saturated carbocycles. The number of carbonyl (C=O) groups is 1. The number of amides is 1. The molecule has 0 aliphatic heterocycles. The zero-order chi connectivity index (χ0) is 11.5. The molecule has 1 aromatic rings. The van der Waals surface area contributed by atoms with E-state index in [1.54, 1.807) is 0 Å². The Kier molecular flexibility index (Phi) is 3.25. The lowest BCUT2D eigenvalue weighted by molar-refractivity contribution is -0.122. The number of nitrogens with two attached hydrogens (primary N) is 1. The Morgan fingerprint density at radius 2 is 2.19 bits per heavy atom. The summed E-state index contributed by atoms with van der Waals surface area (Å²) >= 11 is 0.